The molecule has 1 aliphatic rings. The zero-order valence-electron chi connectivity index (χ0n) is 10.4. The molecule has 0 aliphatic carbocycles. The van der Waals surface area contributed by atoms with Crippen LogP contribution in [0.5, 0.6) is 0 Å². The first-order valence-electron chi connectivity index (χ1n) is 6.01. The number of aliphatic hydroxyl groups excluding tert-OH is 1. The molecule has 1 aromatic heterocycles. The van der Waals surface area contributed by atoms with Crippen LogP contribution in [0.25, 0.3) is 0 Å². The van der Waals surface area contributed by atoms with Crippen molar-refractivity contribution in [1.29, 1.82) is 0 Å². The van der Waals surface area contributed by atoms with E-state index >= 15 is 0 Å². The van der Waals surface area contributed by atoms with Crippen molar-refractivity contribution in [3.8, 4) is 0 Å². The largest absolute Gasteiger partial charge is 0.396 e. The summed E-state index contributed by atoms with van der Waals surface area (Å²) in [5, 5.41) is 16.0. The van der Waals surface area contributed by atoms with Gasteiger partial charge in [0.15, 0.2) is 0 Å². The van der Waals surface area contributed by atoms with Gasteiger partial charge >= 0.3 is 0 Å². The standard InChI is InChI=1S/C12H19N3O2/c1-8-11(9(2)14-13-8)5-12(17)15-4-3-10(6-15)7-16/h10,16H,3-7H2,1-2H3,(H,13,14). The van der Waals surface area contributed by atoms with Crippen LogP contribution in [0.1, 0.15) is 23.4 Å². The summed E-state index contributed by atoms with van der Waals surface area (Å²) in [5.74, 6) is 0.388. The minimum atomic E-state index is 0.133. The number of nitrogens with one attached hydrogen (secondary N) is 1. The highest BCUT2D eigenvalue weighted by Crippen LogP contribution is 2.18. The van der Waals surface area contributed by atoms with Crippen LogP contribution in [0.3, 0.4) is 0 Å². The third-order valence-electron chi connectivity index (χ3n) is 3.51. The smallest absolute Gasteiger partial charge is 0.227 e. The van der Waals surface area contributed by atoms with Crippen molar-refractivity contribution in [2.24, 2.45) is 5.92 Å². The number of rotatable bonds is 3. The predicted molar refractivity (Wildman–Crippen MR) is 63.5 cm³/mol. The second-order valence-electron chi connectivity index (χ2n) is 4.77. The third-order valence-corrected chi connectivity index (χ3v) is 3.51. The second-order valence-corrected chi connectivity index (χ2v) is 4.77. The molecule has 5 heteroatoms. The van der Waals surface area contributed by atoms with Gasteiger partial charge < -0.3 is 10.0 Å². The lowest BCUT2D eigenvalue weighted by molar-refractivity contribution is -0.129. The molecule has 17 heavy (non-hydrogen) atoms. The fourth-order valence-corrected chi connectivity index (χ4v) is 2.31. The molecular formula is C12H19N3O2. The number of amides is 1. The van der Waals surface area contributed by atoms with Gasteiger partial charge in [-0.25, -0.2) is 0 Å². The Balaban J connectivity index is 1.98. The number of nitrogens with zero attached hydrogens (tertiary/aromatic N) is 2. The van der Waals surface area contributed by atoms with Gasteiger partial charge in [0, 0.05) is 36.9 Å². The van der Waals surface area contributed by atoms with E-state index in [0.29, 0.717) is 13.0 Å². The van der Waals surface area contributed by atoms with E-state index in [4.69, 9.17) is 5.11 Å². The lowest BCUT2D eigenvalue weighted by Gasteiger charge is -2.16. The van der Waals surface area contributed by atoms with Crippen molar-refractivity contribution in [1.82, 2.24) is 15.1 Å². The van der Waals surface area contributed by atoms with Crippen LogP contribution in [0.4, 0.5) is 0 Å². The molecule has 2 N–H and O–H groups in total. The van der Waals surface area contributed by atoms with E-state index in [0.717, 1.165) is 29.9 Å². The van der Waals surface area contributed by atoms with Gasteiger partial charge in [0.05, 0.1) is 12.1 Å². The number of hydrogen-bond donors (Lipinski definition) is 2. The van der Waals surface area contributed by atoms with E-state index < -0.39 is 0 Å². The van der Waals surface area contributed by atoms with Crippen molar-refractivity contribution >= 4 is 5.91 Å². The maximum atomic E-state index is 12.1. The molecule has 1 aromatic rings. The topological polar surface area (TPSA) is 69.2 Å². The molecule has 2 heterocycles. The monoisotopic (exact) mass is 237 g/mol. The quantitative estimate of drug-likeness (QED) is 0.800. The number of carbonyl (C=O) groups excluding carboxylic acids is 1. The molecule has 1 unspecified atom stereocenters. The highest BCUT2D eigenvalue weighted by Gasteiger charge is 2.26. The van der Waals surface area contributed by atoms with E-state index in [1.54, 1.807) is 0 Å². The maximum Gasteiger partial charge on any atom is 0.227 e. The summed E-state index contributed by atoms with van der Waals surface area (Å²) >= 11 is 0. The zero-order valence-corrected chi connectivity index (χ0v) is 10.4. The Bertz CT molecular complexity index is 394. The molecule has 5 nitrogen and oxygen atoms in total. The molecule has 0 spiro atoms. The Morgan fingerprint density at radius 2 is 2.35 bits per heavy atom. The van der Waals surface area contributed by atoms with Gasteiger partial charge in [0.2, 0.25) is 5.91 Å². The van der Waals surface area contributed by atoms with Gasteiger partial charge in [0.1, 0.15) is 0 Å². The van der Waals surface area contributed by atoms with Crippen LogP contribution < -0.4 is 0 Å². The molecule has 1 aliphatic heterocycles. The summed E-state index contributed by atoms with van der Waals surface area (Å²) < 4.78 is 0. The summed E-state index contributed by atoms with van der Waals surface area (Å²) in [4.78, 5) is 13.9. The molecule has 1 saturated heterocycles. The van der Waals surface area contributed by atoms with Crippen LogP contribution in [0, 0.1) is 19.8 Å². The van der Waals surface area contributed by atoms with E-state index in [2.05, 4.69) is 10.2 Å². The predicted octanol–water partition coefficient (Wildman–Crippen LogP) is 0.410. The molecule has 0 saturated carbocycles. The van der Waals surface area contributed by atoms with Gasteiger partial charge in [-0.2, -0.15) is 5.10 Å². The summed E-state index contributed by atoms with van der Waals surface area (Å²) in [6, 6.07) is 0. The lowest BCUT2D eigenvalue weighted by atomic mass is 10.1. The number of hydrogen-bond acceptors (Lipinski definition) is 3. The first kappa shape index (κ1) is 12.1. The van der Waals surface area contributed by atoms with Crippen LogP contribution >= 0.6 is 0 Å². The molecular weight excluding hydrogens is 218 g/mol. The molecule has 1 amide bonds. The van der Waals surface area contributed by atoms with Gasteiger partial charge in [-0.15, -0.1) is 0 Å². The first-order chi connectivity index (χ1) is 8.11. The van der Waals surface area contributed by atoms with Crippen molar-refractivity contribution in [2.75, 3.05) is 19.7 Å². The average Bonchev–Trinajstić information content (AvgIpc) is 2.90. The number of H-pyrrole nitrogens is 1. The number of carbonyl (C=O) groups is 1. The zero-order chi connectivity index (χ0) is 12.4. The summed E-state index contributed by atoms with van der Waals surface area (Å²) in [6.45, 7) is 5.47. The number of aromatic amines is 1. The lowest BCUT2D eigenvalue weighted by Crippen LogP contribution is -2.30. The van der Waals surface area contributed by atoms with E-state index in [1.807, 2.05) is 18.7 Å². The van der Waals surface area contributed by atoms with E-state index in [-0.39, 0.29) is 18.4 Å². The van der Waals surface area contributed by atoms with E-state index in [9.17, 15) is 4.79 Å². The fourth-order valence-electron chi connectivity index (χ4n) is 2.31. The van der Waals surface area contributed by atoms with Crippen LogP contribution in [-0.4, -0.2) is 45.8 Å². The number of aliphatic hydroxyl groups is 1. The molecule has 0 aromatic carbocycles. The molecule has 1 fully saturated rings. The molecule has 94 valence electrons. The Morgan fingerprint density at radius 3 is 2.88 bits per heavy atom. The Kier molecular flexibility index (Phi) is 3.47. The molecule has 0 radical (unpaired) electrons. The normalized spacial score (nSPS) is 19.9. The maximum absolute atomic E-state index is 12.1. The van der Waals surface area contributed by atoms with Crippen LogP contribution in [0.15, 0.2) is 0 Å². The van der Waals surface area contributed by atoms with Crippen LogP contribution in [-0.2, 0) is 11.2 Å². The fraction of sp³-hybridized carbons (Fsp3) is 0.667. The SMILES string of the molecule is Cc1n[nH]c(C)c1CC(=O)N1CCC(CO)C1. The Labute approximate surface area is 101 Å². The van der Waals surface area contributed by atoms with E-state index in [1.165, 1.54) is 0 Å². The third kappa shape index (κ3) is 2.49. The number of likely N-dealkylation sites (tertiary alicyclic amines) is 1. The summed E-state index contributed by atoms with van der Waals surface area (Å²) in [6.07, 6.45) is 1.32. The van der Waals surface area contributed by atoms with Gasteiger partial charge in [-0.3, -0.25) is 9.89 Å². The molecule has 2 rings (SSSR count). The minimum Gasteiger partial charge on any atom is -0.396 e. The van der Waals surface area contributed by atoms with Crippen molar-refractivity contribution in [3.63, 3.8) is 0 Å². The Morgan fingerprint density at radius 1 is 1.59 bits per heavy atom. The van der Waals surface area contributed by atoms with Crippen molar-refractivity contribution in [2.45, 2.75) is 26.7 Å². The van der Waals surface area contributed by atoms with Crippen molar-refractivity contribution < 1.29 is 9.90 Å². The summed E-state index contributed by atoms with van der Waals surface area (Å²) in [5.41, 5.74) is 2.87. The van der Waals surface area contributed by atoms with Gasteiger partial charge in [-0.05, 0) is 20.3 Å². The molecule has 1 atom stereocenters. The van der Waals surface area contributed by atoms with Crippen molar-refractivity contribution in [3.05, 3.63) is 17.0 Å². The second kappa shape index (κ2) is 4.87. The number of aromatic nitrogens is 2. The average molecular weight is 237 g/mol. The number of aryl methyl sites for hydroxylation is 2. The summed E-state index contributed by atoms with van der Waals surface area (Å²) in [7, 11) is 0. The van der Waals surface area contributed by atoms with Gasteiger partial charge in [-0.1, -0.05) is 0 Å². The Hall–Kier alpha value is -1.36. The first-order valence-corrected chi connectivity index (χ1v) is 6.01. The van der Waals surface area contributed by atoms with Gasteiger partial charge in [0.25, 0.3) is 0 Å². The van der Waals surface area contributed by atoms with Crippen LogP contribution in [0.2, 0.25) is 0 Å². The highest BCUT2D eigenvalue weighted by atomic mass is 16.3. The highest BCUT2D eigenvalue weighted by molar-refractivity contribution is 5.79. The minimum absolute atomic E-state index is 0.133. The molecule has 0 bridgehead atoms.